The van der Waals surface area contributed by atoms with Gasteiger partial charge in [0.2, 0.25) is 0 Å². The molecule has 4 aromatic rings. The Morgan fingerprint density at radius 2 is 1.89 bits per heavy atom. The van der Waals surface area contributed by atoms with Gasteiger partial charge in [0, 0.05) is 30.7 Å². The number of hydrogen-bond donors (Lipinski definition) is 3. The van der Waals surface area contributed by atoms with Gasteiger partial charge < -0.3 is 21.1 Å². The first kappa shape index (κ1) is 24.5. The minimum absolute atomic E-state index is 0.182. The van der Waals surface area contributed by atoms with Crippen LogP contribution in [-0.2, 0) is 4.74 Å². The molecule has 1 unspecified atom stereocenters. The number of nitrogen functional groups attached to an aromatic ring is 1. The number of nitrogens with one attached hydrogen (secondary N) is 2. The number of ether oxygens (including phenoxy) is 1. The second-order valence-electron chi connectivity index (χ2n) is 8.70. The van der Waals surface area contributed by atoms with E-state index in [2.05, 4.69) is 20.7 Å². The summed E-state index contributed by atoms with van der Waals surface area (Å²) >= 11 is 6.39. The average Bonchev–Trinajstić information content (AvgIpc) is 3.58. The van der Waals surface area contributed by atoms with E-state index in [0.717, 1.165) is 6.42 Å². The fourth-order valence-corrected chi connectivity index (χ4v) is 4.28. The lowest BCUT2D eigenvalue weighted by atomic mass is 10.1. The van der Waals surface area contributed by atoms with Gasteiger partial charge in [-0.25, -0.2) is 9.67 Å². The maximum atomic E-state index is 13.4. The molecule has 37 heavy (non-hydrogen) atoms. The number of aromatic nitrogens is 3. The summed E-state index contributed by atoms with van der Waals surface area (Å²) in [7, 11) is 0. The zero-order valence-corrected chi connectivity index (χ0v) is 20.6. The highest BCUT2D eigenvalue weighted by Gasteiger charge is 2.21. The van der Waals surface area contributed by atoms with Crippen LogP contribution in [0.2, 0.25) is 5.02 Å². The number of benzene rings is 2. The first-order valence-electron chi connectivity index (χ1n) is 11.8. The molecule has 1 fully saturated rings. The highest BCUT2D eigenvalue weighted by molar-refractivity contribution is 6.34. The quantitative estimate of drug-likeness (QED) is 0.338. The van der Waals surface area contributed by atoms with E-state index in [1.165, 1.54) is 4.68 Å². The third kappa shape index (κ3) is 5.63. The Morgan fingerprint density at radius 3 is 2.65 bits per heavy atom. The molecular formula is C27H25ClN6O3. The number of halogens is 1. The Hall–Kier alpha value is -4.21. The standard InChI is InChI=1S/C27H25ClN6O3/c28-21-10-9-18(22-7-4-8-24(29)31-22)13-20(21)26(35)32-25-14-23(27(36)30-15-17-11-12-37-16-17)33-34(25)19-5-2-1-3-6-19/h1-10,13-14,17H,11-12,15-16H2,(H2,29,31)(H,30,36)(H,32,35). The number of carbonyl (C=O) groups is 2. The van der Waals surface area contributed by atoms with Gasteiger partial charge in [0.15, 0.2) is 5.69 Å². The molecule has 4 N–H and O–H groups in total. The van der Waals surface area contributed by atoms with Crippen molar-refractivity contribution in [1.82, 2.24) is 20.1 Å². The van der Waals surface area contributed by atoms with Crippen molar-refractivity contribution in [3.63, 3.8) is 0 Å². The van der Waals surface area contributed by atoms with Crippen LogP contribution in [0.5, 0.6) is 0 Å². The summed E-state index contributed by atoms with van der Waals surface area (Å²) < 4.78 is 6.89. The highest BCUT2D eigenvalue weighted by Crippen LogP contribution is 2.26. The molecule has 0 bridgehead atoms. The van der Waals surface area contributed by atoms with Gasteiger partial charge in [-0.2, -0.15) is 5.10 Å². The molecule has 1 saturated heterocycles. The smallest absolute Gasteiger partial charge is 0.271 e. The molecule has 0 aliphatic carbocycles. The molecule has 0 spiro atoms. The van der Waals surface area contributed by atoms with E-state index in [1.807, 2.05) is 30.3 Å². The van der Waals surface area contributed by atoms with Crippen molar-refractivity contribution in [3.05, 3.63) is 89.1 Å². The summed E-state index contributed by atoms with van der Waals surface area (Å²) in [6.07, 6.45) is 0.908. The van der Waals surface area contributed by atoms with E-state index in [9.17, 15) is 9.59 Å². The minimum Gasteiger partial charge on any atom is -0.384 e. The number of rotatable bonds is 7. The van der Waals surface area contributed by atoms with E-state index >= 15 is 0 Å². The summed E-state index contributed by atoms with van der Waals surface area (Å²) in [6, 6.07) is 21.1. The van der Waals surface area contributed by atoms with Crippen molar-refractivity contribution in [1.29, 1.82) is 0 Å². The third-order valence-corrected chi connectivity index (χ3v) is 6.37. The van der Waals surface area contributed by atoms with Gasteiger partial charge in [0.25, 0.3) is 11.8 Å². The van der Waals surface area contributed by atoms with Crippen molar-refractivity contribution < 1.29 is 14.3 Å². The number of nitrogens with zero attached hydrogens (tertiary/aromatic N) is 3. The average molecular weight is 517 g/mol. The molecule has 2 aromatic carbocycles. The first-order chi connectivity index (χ1) is 18.0. The van der Waals surface area contributed by atoms with Gasteiger partial charge in [0.1, 0.15) is 11.6 Å². The predicted octanol–water partition coefficient (Wildman–Crippen LogP) is 4.19. The lowest BCUT2D eigenvalue weighted by Gasteiger charge is -2.11. The fourth-order valence-electron chi connectivity index (χ4n) is 4.07. The molecular weight excluding hydrogens is 492 g/mol. The molecule has 5 rings (SSSR count). The van der Waals surface area contributed by atoms with Crippen LogP contribution in [0.1, 0.15) is 27.3 Å². The Kier molecular flexibility index (Phi) is 7.16. The highest BCUT2D eigenvalue weighted by atomic mass is 35.5. The van der Waals surface area contributed by atoms with Crippen LogP contribution >= 0.6 is 11.6 Å². The normalized spacial score (nSPS) is 14.9. The van der Waals surface area contributed by atoms with E-state index < -0.39 is 5.91 Å². The van der Waals surface area contributed by atoms with E-state index in [4.69, 9.17) is 22.1 Å². The molecule has 9 nitrogen and oxygen atoms in total. The Morgan fingerprint density at radius 1 is 1.05 bits per heavy atom. The number of anilines is 2. The minimum atomic E-state index is -0.456. The second kappa shape index (κ2) is 10.8. The first-order valence-corrected chi connectivity index (χ1v) is 12.2. The van der Waals surface area contributed by atoms with E-state index in [0.29, 0.717) is 48.3 Å². The SMILES string of the molecule is Nc1cccc(-c2ccc(Cl)c(C(=O)Nc3cc(C(=O)NCC4CCOC4)nn3-c3ccccc3)c2)n1. The van der Waals surface area contributed by atoms with Gasteiger partial charge in [-0.1, -0.05) is 41.9 Å². The van der Waals surface area contributed by atoms with Crippen molar-refractivity contribution in [2.24, 2.45) is 5.92 Å². The van der Waals surface area contributed by atoms with Crippen LogP contribution < -0.4 is 16.4 Å². The zero-order valence-electron chi connectivity index (χ0n) is 19.9. The summed E-state index contributed by atoms with van der Waals surface area (Å²) in [6.45, 7) is 1.83. The number of carbonyl (C=O) groups excluding carboxylic acids is 2. The summed E-state index contributed by atoms with van der Waals surface area (Å²) in [5, 5.41) is 10.5. The molecule has 0 radical (unpaired) electrons. The van der Waals surface area contributed by atoms with Gasteiger partial charge in [-0.3, -0.25) is 9.59 Å². The molecule has 1 aliphatic heterocycles. The van der Waals surface area contributed by atoms with E-state index in [-0.39, 0.29) is 28.1 Å². The monoisotopic (exact) mass is 516 g/mol. The van der Waals surface area contributed by atoms with Crippen molar-refractivity contribution in [3.8, 4) is 16.9 Å². The molecule has 2 amide bonds. The molecule has 188 valence electrons. The van der Waals surface area contributed by atoms with Crippen molar-refractivity contribution >= 4 is 35.1 Å². The third-order valence-electron chi connectivity index (χ3n) is 6.04. The number of pyridine rings is 1. The lowest BCUT2D eigenvalue weighted by molar-refractivity contribution is 0.0938. The van der Waals surface area contributed by atoms with Crippen LogP contribution in [0.3, 0.4) is 0 Å². The molecule has 2 aromatic heterocycles. The molecule has 1 aliphatic rings. The largest absolute Gasteiger partial charge is 0.384 e. The summed E-state index contributed by atoms with van der Waals surface area (Å²) in [4.78, 5) is 30.5. The van der Waals surface area contributed by atoms with Gasteiger partial charge in [-0.15, -0.1) is 0 Å². The topological polar surface area (TPSA) is 124 Å². The number of para-hydroxylation sites is 1. The van der Waals surface area contributed by atoms with Crippen molar-refractivity contribution in [2.45, 2.75) is 6.42 Å². The number of nitrogens with two attached hydrogens (primary N) is 1. The van der Waals surface area contributed by atoms with E-state index in [1.54, 1.807) is 42.5 Å². The van der Waals surface area contributed by atoms with Crippen LogP contribution in [-0.4, -0.2) is 46.3 Å². The molecule has 1 atom stereocenters. The maximum absolute atomic E-state index is 13.4. The van der Waals surface area contributed by atoms with Crippen LogP contribution in [0.15, 0.2) is 72.8 Å². The molecule has 0 saturated carbocycles. The lowest BCUT2D eigenvalue weighted by Crippen LogP contribution is -2.29. The summed E-state index contributed by atoms with van der Waals surface area (Å²) in [5.41, 5.74) is 8.24. The van der Waals surface area contributed by atoms with Gasteiger partial charge >= 0.3 is 0 Å². The van der Waals surface area contributed by atoms with Crippen LogP contribution in [0, 0.1) is 5.92 Å². The Bertz CT molecular complexity index is 1430. The maximum Gasteiger partial charge on any atom is 0.271 e. The van der Waals surface area contributed by atoms with Crippen LogP contribution in [0.4, 0.5) is 11.6 Å². The van der Waals surface area contributed by atoms with Crippen LogP contribution in [0.25, 0.3) is 16.9 Å². The summed E-state index contributed by atoms with van der Waals surface area (Å²) in [5.74, 6) is 0.196. The fraction of sp³-hybridized carbons (Fsp3) is 0.185. The number of hydrogen-bond acceptors (Lipinski definition) is 6. The second-order valence-corrected chi connectivity index (χ2v) is 9.11. The number of amides is 2. The molecule has 10 heteroatoms. The Balaban J connectivity index is 1.42. The molecule has 3 heterocycles. The Labute approximate surface area is 218 Å². The van der Waals surface area contributed by atoms with Crippen molar-refractivity contribution in [2.75, 3.05) is 30.8 Å². The van der Waals surface area contributed by atoms with Gasteiger partial charge in [-0.05, 0) is 42.8 Å². The zero-order chi connectivity index (χ0) is 25.8. The predicted molar refractivity (Wildman–Crippen MR) is 142 cm³/mol. The van der Waals surface area contributed by atoms with Gasteiger partial charge in [0.05, 0.1) is 28.6 Å².